The summed E-state index contributed by atoms with van der Waals surface area (Å²) in [6, 6.07) is 0. The van der Waals surface area contributed by atoms with Crippen molar-refractivity contribution >= 4 is 5.97 Å². The first-order chi connectivity index (χ1) is 14.2. The molecular weight excluding hydrogens is 397 g/mol. The zero-order valence-corrected chi connectivity index (χ0v) is 17.7. The number of hydrogen-bond acceptors (Lipinski definition) is 4. The van der Waals surface area contributed by atoms with Crippen molar-refractivity contribution in [2.24, 2.45) is 0 Å². The van der Waals surface area contributed by atoms with Crippen LogP contribution in [0.1, 0.15) is 63.7 Å². The van der Waals surface area contributed by atoms with E-state index in [9.17, 15) is 18.0 Å². The van der Waals surface area contributed by atoms with Crippen LogP contribution in [0, 0.1) is 17.5 Å². The van der Waals surface area contributed by atoms with Crippen molar-refractivity contribution in [2.45, 2.75) is 53.4 Å². The zero-order chi connectivity index (χ0) is 22.3. The summed E-state index contributed by atoms with van der Waals surface area (Å²) < 4.78 is 57.1. The van der Waals surface area contributed by atoms with Crippen LogP contribution in [0.15, 0.2) is 34.9 Å². The van der Waals surface area contributed by atoms with Crippen LogP contribution in [-0.2, 0) is 4.74 Å². The number of rotatable bonds is 9. The number of carbonyl (C=O) groups is 1. The molecule has 0 fully saturated rings. The zero-order valence-electron chi connectivity index (χ0n) is 17.7. The quantitative estimate of drug-likeness (QED) is 0.261. The third kappa shape index (κ3) is 6.15. The normalized spacial score (nSPS) is 14.0. The van der Waals surface area contributed by atoms with E-state index in [1.165, 1.54) is 11.1 Å². The van der Waals surface area contributed by atoms with Crippen molar-refractivity contribution < 1.29 is 32.2 Å². The van der Waals surface area contributed by atoms with Gasteiger partial charge in [-0.3, -0.25) is 0 Å². The average Bonchev–Trinajstić information content (AvgIpc) is 2.68. The Bertz CT molecular complexity index is 881. The molecule has 164 valence electrons. The molecule has 0 radical (unpaired) electrons. The molecule has 30 heavy (non-hydrogen) atoms. The molecule has 4 nitrogen and oxygen atoms in total. The monoisotopic (exact) mass is 424 g/mol. The van der Waals surface area contributed by atoms with Crippen LogP contribution in [-0.4, -0.2) is 19.4 Å². The predicted molar refractivity (Wildman–Crippen MR) is 108 cm³/mol. The Balaban J connectivity index is 1.94. The fourth-order valence-electron chi connectivity index (χ4n) is 2.88. The third-order valence-electron chi connectivity index (χ3n) is 4.62. The maximum absolute atomic E-state index is 14.4. The van der Waals surface area contributed by atoms with Crippen LogP contribution in [0.5, 0.6) is 11.5 Å². The lowest BCUT2D eigenvalue weighted by atomic mass is 10.1. The number of benzene rings is 1. The number of esters is 1. The molecule has 1 aromatic carbocycles. The van der Waals surface area contributed by atoms with Crippen LogP contribution in [0.3, 0.4) is 0 Å². The van der Waals surface area contributed by atoms with Gasteiger partial charge in [0.2, 0.25) is 18.4 Å². The standard InChI is InChI=1S/C23H27F3O4/c1-14(2)7-5-8-15(3)9-6-10-16(4)11-12-28-22-19(25)18(24)17-21(20(22)26)29-13-30-23(17)27/h7,9,11H,5-6,8,10,12-13H2,1-4H3. The SMILES string of the molecule is CC(C)=CCCC(C)=CCCC(C)=CCOc1c(F)c(F)c2c(c1F)OCOC2=O. The lowest BCUT2D eigenvalue weighted by Gasteiger charge is -2.19. The van der Waals surface area contributed by atoms with Gasteiger partial charge in [-0.05, 0) is 59.5 Å². The topological polar surface area (TPSA) is 44.8 Å². The molecular formula is C23H27F3O4. The molecule has 0 N–H and O–H groups in total. The van der Waals surface area contributed by atoms with Crippen molar-refractivity contribution in [2.75, 3.05) is 13.4 Å². The highest BCUT2D eigenvalue weighted by molar-refractivity contribution is 5.94. The number of halogens is 3. The summed E-state index contributed by atoms with van der Waals surface area (Å²) in [4.78, 5) is 11.5. The predicted octanol–water partition coefficient (Wildman–Crippen LogP) is 6.41. The van der Waals surface area contributed by atoms with Gasteiger partial charge in [0.15, 0.2) is 17.3 Å². The molecule has 0 unspecified atom stereocenters. The number of cyclic esters (lactones) is 1. The molecule has 0 saturated carbocycles. The Morgan fingerprint density at radius 3 is 2.20 bits per heavy atom. The minimum atomic E-state index is -1.59. The number of allylic oxidation sites excluding steroid dienone is 5. The Morgan fingerprint density at radius 2 is 1.53 bits per heavy atom. The van der Waals surface area contributed by atoms with E-state index in [4.69, 9.17) is 9.47 Å². The van der Waals surface area contributed by atoms with E-state index in [-0.39, 0.29) is 6.61 Å². The van der Waals surface area contributed by atoms with E-state index >= 15 is 0 Å². The molecule has 0 aliphatic carbocycles. The van der Waals surface area contributed by atoms with Crippen LogP contribution >= 0.6 is 0 Å². The van der Waals surface area contributed by atoms with Gasteiger partial charge in [-0.2, -0.15) is 8.78 Å². The molecule has 2 rings (SSSR count). The first-order valence-corrected chi connectivity index (χ1v) is 9.80. The molecule has 0 saturated heterocycles. The maximum atomic E-state index is 14.4. The second-order valence-electron chi connectivity index (χ2n) is 7.44. The summed E-state index contributed by atoms with van der Waals surface area (Å²) in [5, 5.41) is 0. The summed E-state index contributed by atoms with van der Waals surface area (Å²) in [7, 11) is 0. The molecule has 0 bridgehead atoms. The second kappa shape index (κ2) is 10.9. The molecule has 1 aliphatic heterocycles. The number of carbonyl (C=O) groups excluding carboxylic acids is 1. The molecule has 1 heterocycles. The fourth-order valence-corrected chi connectivity index (χ4v) is 2.88. The smallest absolute Gasteiger partial charge is 0.348 e. The van der Waals surface area contributed by atoms with Crippen molar-refractivity contribution in [3.63, 3.8) is 0 Å². The van der Waals surface area contributed by atoms with Crippen molar-refractivity contribution in [3.8, 4) is 11.5 Å². The van der Waals surface area contributed by atoms with Gasteiger partial charge in [-0.25, -0.2) is 9.18 Å². The Hall–Kier alpha value is -2.70. The van der Waals surface area contributed by atoms with Crippen LogP contribution in [0.4, 0.5) is 13.2 Å². The minimum absolute atomic E-state index is 0.147. The number of ether oxygens (including phenoxy) is 3. The Kier molecular flexibility index (Phi) is 8.57. The van der Waals surface area contributed by atoms with Gasteiger partial charge in [-0.15, -0.1) is 0 Å². The van der Waals surface area contributed by atoms with Gasteiger partial charge in [0.1, 0.15) is 12.2 Å². The van der Waals surface area contributed by atoms with E-state index in [0.29, 0.717) is 0 Å². The summed E-state index contributed by atoms with van der Waals surface area (Å²) >= 11 is 0. The molecule has 0 spiro atoms. The largest absolute Gasteiger partial charge is 0.483 e. The lowest BCUT2D eigenvalue weighted by Crippen LogP contribution is -2.22. The van der Waals surface area contributed by atoms with Gasteiger partial charge in [-0.1, -0.05) is 28.9 Å². The van der Waals surface area contributed by atoms with Crippen LogP contribution < -0.4 is 9.47 Å². The lowest BCUT2D eigenvalue weighted by molar-refractivity contribution is 0.00177. The molecule has 0 amide bonds. The molecule has 0 aromatic heterocycles. The fraction of sp³-hybridized carbons (Fsp3) is 0.435. The second-order valence-corrected chi connectivity index (χ2v) is 7.44. The van der Waals surface area contributed by atoms with Crippen LogP contribution in [0.2, 0.25) is 0 Å². The highest BCUT2D eigenvalue weighted by Gasteiger charge is 2.34. The summed E-state index contributed by atoms with van der Waals surface area (Å²) in [5.74, 6) is -7.20. The first-order valence-electron chi connectivity index (χ1n) is 9.80. The van der Waals surface area contributed by atoms with Gasteiger partial charge in [0.05, 0.1) is 0 Å². The van der Waals surface area contributed by atoms with Gasteiger partial charge < -0.3 is 14.2 Å². The summed E-state index contributed by atoms with van der Waals surface area (Å²) in [5.41, 5.74) is 2.69. The molecule has 1 aromatic rings. The number of fused-ring (bicyclic) bond motifs is 1. The highest BCUT2D eigenvalue weighted by atomic mass is 19.2. The van der Waals surface area contributed by atoms with Crippen molar-refractivity contribution in [1.29, 1.82) is 0 Å². The van der Waals surface area contributed by atoms with Crippen molar-refractivity contribution in [1.82, 2.24) is 0 Å². The Morgan fingerprint density at radius 1 is 0.900 bits per heavy atom. The van der Waals surface area contributed by atoms with Gasteiger partial charge in [0.25, 0.3) is 0 Å². The highest BCUT2D eigenvalue weighted by Crippen LogP contribution is 2.38. The van der Waals surface area contributed by atoms with E-state index in [2.05, 4.69) is 37.7 Å². The van der Waals surface area contributed by atoms with E-state index in [1.807, 2.05) is 6.92 Å². The molecule has 0 atom stereocenters. The van der Waals surface area contributed by atoms with E-state index in [1.54, 1.807) is 6.08 Å². The number of hydrogen-bond donors (Lipinski definition) is 0. The average molecular weight is 424 g/mol. The summed E-state index contributed by atoms with van der Waals surface area (Å²) in [6.45, 7) is 7.41. The van der Waals surface area contributed by atoms with Crippen molar-refractivity contribution in [3.05, 3.63) is 58.0 Å². The van der Waals surface area contributed by atoms with Gasteiger partial charge in [0, 0.05) is 0 Å². The first kappa shape index (κ1) is 23.6. The van der Waals surface area contributed by atoms with Gasteiger partial charge >= 0.3 is 5.97 Å². The third-order valence-corrected chi connectivity index (χ3v) is 4.62. The van der Waals surface area contributed by atoms with Crippen LogP contribution in [0.25, 0.3) is 0 Å². The minimum Gasteiger partial charge on any atom is -0.483 e. The maximum Gasteiger partial charge on any atom is 0.348 e. The van der Waals surface area contributed by atoms with E-state index < -0.39 is 47.3 Å². The Labute approximate surface area is 175 Å². The van der Waals surface area contributed by atoms with E-state index in [0.717, 1.165) is 31.3 Å². The molecule has 7 heteroatoms. The molecule has 1 aliphatic rings. The summed E-state index contributed by atoms with van der Waals surface area (Å²) in [6.07, 6.45) is 9.69.